The highest BCUT2D eigenvalue weighted by molar-refractivity contribution is 6.33. The molecule has 0 saturated heterocycles. The Balaban J connectivity index is 2.25. The van der Waals surface area contributed by atoms with Gasteiger partial charge in [-0.2, -0.15) is 0 Å². The van der Waals surface area contributed by atoms with Gasteiger partial charge in [0.25, 0.3) is 0 Å². The van der Waals surface area contributed by atoms with Crippen LogP contribution in [0.3, 0.4) is 0 Å². The number of hydrogen-bond donors (Lipinski definition) is 2. The van der Waals surface area contributed by atoms with E-state index in [9.17, 15) is 18.0 Å². The van der Waals surface area contributed by atoms with Crippen molar-refractivity contribution >= 4 is 22.6 Å². The van der Waals surface area contributed by atoms with Gasteiger partial charge in [0.2, 0.25) is 0 Å². The highest BCUT2D eigenvalue weighted by Gasteiger charge is 2.32. The summed E-state index contributed by atoms with van der Waals surface area (Å²) in [5.74, 6) is -0.394. The van der Waals surface area contributed by atoms with Gasteiger partial charge >= 0.3 is 12.1 Å². The van der Waals surface area contributed by atoms with E-state index in [2.05, 4.69) is 14.7 Å². The number of H-pyrrole nitrogens is 2. The van der Waals surface area contributed by atoms with E-state index < -0.39 is 12.1 Å². The van der Waals surface area contributed by atoms with Gasteiger partial charge in [0.05, 0.1) is 16.1 Å². The molecular formula is C16H12ClF3N2O2. The summed E-state index contributed by atoms with van der Waals surface area (Å²) in [4.78, 5) is 16.8. The molecule has 3 rings (SSSR count). The fraction of sp³-hybridized carbons (Fsp3) is 0.188. The summed E-state index contributed by atoms with van der Waals surface area (Å²) >= 11 is 6.12. The van der Waals surface area contributed by atoms with Crippen LogP contribution in [0.5, 0.6) is 5.75 Å². The minimum absolute atomic E-state index is 0.121. The zero-order valence-electron chi connectivity index (χ0n) is 12.4. The van der Waals surface area contributed by atoms with Crippen LogP contribution >= 0.6 is 11.6 Å². The lowest BCUT2D eigenvalue weighted by atomic mass is 9.99. The number of aromatic amines is 2. The number of rotatable bonds is 3. The average molecular weight is 357 g/mol. The molecule has 4 nitrogen and oxygen atoms in total. The standard InChI is InChI=1S/C16H12ClF3N2O2/c1-2-8-6-9(7-11-14(8)22-15(23)21-11)13-10(17)4-3-5-12(13)24-16(18,19)20/h3-7H,2H2,1H3,(H2,21,22,23). The maximum absolute atomic E-state index is 12.7. The third-order valence-electron chi connectivity index (χ3n) is 3.58. The molecule has 3 aromatic rings. The van der Waals surface area contributed by atoms with Crippen LogP contribution in [-0.2, 0) is 6.42 Å². The van der Waals surface area contributed by atoms with Gasteiger partial charge in [0.15, 0.2) is 0 Å². The number of nitrogens with one attached hydrogen (secondary N) is 2. The second-order valence-electron chi connectivity index (χ2n) is 5.15. The smallest absolute Gasteiger partial charge is 0.405 e. The van der Waals surface area contributed by atoms with Crippen LogP contribution in [0.25, 0.3) is 22.2 Å². The Morgan fingerprint density at radius 3 is 2.62 bits per heavy atom. The van der Waals surface area contributed by atoms with Crippen LogP contribution in [-0.4, -0.2) is 16.3 Å². The number of halogens is 4. The number of benzene rings is 2. The first-order chi connectivity index (χ1) is 11.3. The first-order valence-corrected chi connectivity index (χ1v) is 7.46. The van der Waals surface area contributed by atoms with E-state index in [1.165, 1.54) is 18.2 Å². The number of aromatic nitrogens is 2. The van der Waals surface area contributed by atoms with Gasteiger partial charge in [-0.05, 0) is 41.8 Å². The molecule has 2 aromatic carbocycles. The molecule has 0 fully saturated rings. The van der Waals surface area contributed by atoms with Crippen molar-refractivity contribution in [2.45, 2.75) is 19.7 Å². The summed E-state index contributed by atoms with van der Waals surface area (Å²) in [7, 11) is 0. The van der Waals surface area contributed by atoms with Crippen molar-refractivity contribution in [1.29, 1.82) is 0 Å². The Hall–Kier alpha value is -2.41. The van der Waals surface area contributed by atoms with Crippen LogP contribution in [0.15, 0.2) is 35.1 Å². The lowest BCUT2D eigenvalue weighted by Gasteiger charge is -2.15. The van der Waals surface area contributed by atoms with Crippen molar-refractivity contribution in [2.75, 3.05) is 0 Å². The largest absolute Gasteiger partial charge is 0.573 e. The predicted octanol–water partition coefficient (Wildman–Crippen LogP) is 4.64. The molecule has 0 radical (unpaired) electrons. The molecule has 0 bridgehead atoms. The molecular weight excluding hydrogens is 345 g/mol. The summed E-state index contributed by atoms with van der Waals surface area (Å²) < 4.78 is 42.1. The van der Waals surface area contributed by atoms with Gasteiger partial charge in [0, 0.05) is 5.56 Å². The summed E-state index contributed by atoms with van der Waals surface area (Å²) in [6.07, 6.45) is -4.25. The second kappa shape index (κ2) is 5.90. The van der Waals surface area contributed by atoms with Crippen LogP contribution < -0.4 is 10.4 Å². The molecule has 1 aromatic heterocycles. The van der Waals surface area contributed by atoms with Crippen molar-refractivity contribution in [3.8, 4) is 16.9 Å². The summed E-state index contributed by atoms with van der Waals surface area (Å²) in [5, 5.41) is 0.121. The molecule has 1 heterocycles. The monoisotopic (exact) mass is 356 g/mol. The summed E-state index contributed by atoms with van der Waals surface area (Å²) in [6, 6.07) is 7.32. The Bertz CT molecular complexity index is 960. The van der Waals surface area contributed by atoms with E-state index in [1.54, 1.807) is 12.1 Å². The number of hydrogen-bond acceptors (Lipinski definition) is 2. The topological polar surface area (TPSA) is 57.9 Å². The minimum atomic E-state index is -4.83. The molecule has 8 heteroatoms. The van der Waals surface area contributed by atoms with E-state index in [0.717, 1.165) is 5.56 Å². The normalized spacial score (nSPS) is 11.9. The fourth-order valence-corrected chi connectivity index (χ4v) is 2.91. The molecule has 24 heavy (non-hydrogen) atoms. The van der Waals surface area contributed by atoms with E-state index in [4.69, 9.17) is 11.6 Å². The average Bonchev–Trinajstić information content (AvgIpc) is 2.84. The van der Waals surface area contributed by atoms with Crippen molar-refractivity contribution in [3.05, 3.63) is 51.4 Å². The third-order valence-corrected chi connectivity index (χ3v) is 3.89. The number of ether oxygens (including phenoxy) is 1. The SMILES string of the molecule is CCc1cc(-c2c(Cl)cccc2OC(F)(F)F)cc2[nH]c(=O)[nH]c12. The Kier molecular flexibility index (Phi) is 4.04. The first-order valence-electron chi connectivity index (χ1n) is 7.08. The van der Waals surface area contributed by atoms with Gasteiger partial charge in [0.1, 0.15) is 5.75 Å². The van der Waals surface area contributed by atoms with Crippen LogP contribution in [0.1, 0.15) is 12.5 Å². The predicted molar refractivity (Wildman–Crippen MR) is 85.4 cm³/mol. The molecule has 2 N–H and O–H groups in total. The molecule has 0 aliphatic rings. The van der Waals surface area contributed by atoms with Gasteiger partial charge in [-0.1, -0.05) is 24.6 Å². The Morgan fingerprint density at radius 2 is 1.96 bits per heavy atom. The summed E-state index contributed by atoms with van der Waals surface area (Å²) in [6.45, 7) is 1.88. The van der Waals surface area contributed by atoms with E-state index in [1.807, 2.05) is 6.92 Å². The fourth-order valence-electron chi connectivity index (χ4n) is 2.63. The number of imidazole rings is 1. The zero-order valence-corrected chi connectivity index (χ0v) is 13.2. The highest BCUT2D eigenvalue weighted by Crippen LogP contribution is 2.40. The maximum Gasteiger partial charge on any atom is 0.573 e. The summed E-state index contributed by atoms with van der Waals surface area (Å²) in [5.41, 5.74) is 2.06. The van der Waals surface area contributed by atoms with E-state index in [-0.39, 0.29) is 16.3 Å². The first kappa shape index (κ1) is 16.4. The maximum atomic E-state index is 12.7. The molecule has 0 aliphatic heterocycles. The quantitative estimate of drug-likeness (QED) is 0.718. The van der Waals surface area contributed by atoms with Crippen molar-refractivity contribution in [1.82, 2.24) is 9.97 Å². The van der Waals surface area contributed by atoms with Gasteiger partial charge in [-0.25, -0.2) is 4.79 Å². The molecule has 126 valence electrons. The molecule has 0 amide bonds. The van der Waals surface area contributed by atoms with Crippen LogP contribution in [0, 0.1) is 0 Å². The molecule has 0 atom stereocenters. The van der Waals surface area contributed by atoms with Gasteiger partial charge < -0.3 is 14.7 Å². The van der Waals surface area contributed by atoms with Crippen molar-refractivity contribution in [3.63, 3.8) is 0 Å². The van der Waals surface area contributed by atoms with E-state index in [0.29, 0.717) is 23.0 Å². The molecule has 0 spiro atoms. The highest BCUT2D eigenvalue weighted by atomic mass is 35.5. The zero-order chi connectivity index (χ0) is 17.5. The Morgan fingerprint density at radius 1 is 1.21 bits per heavy atom. The lowest BCUT2D eigenvalue weighted by Crippen LogP contribution is -2.17. The molecule has 0 saturated carbocycles. The van der Waals surface area contributed by atoms with E-state index >= 15 is 0 Å². The van der Waals surface area contributed by atoms with Crippen molar-refractivity contribution < 1.29 is 17.9 Å². The van der Waals surface area contributed by atoms with Crippen molar-refractivity contribution in [2.24, 2.45) is 0 Å². The molecule has 0 aliphatic carbocycles. The Labute approximate surface area is 139 Å². The number of aryl methyl sites for hydroxylation is 1. The second-order valence-corrected chi connectivity index (χ2v) is 5.56. The number of fused-ring (bicyclic) bond motifs is 1. The van der Waals surface area contributed by atoms with Crippen LogP contribution in [0.4, 0.5) is 13.2 Å². The minimum Gasteiger partial charge on any atom is -0.405 e. The molecule has 0 unspecified atom stereocenters. The third kappa shape index (κ3) is 3.12. The van der Waals surface area contributed by atoms with Gasteiger partial charge in [-0.15, -0.1) is 13.2 Å². The van der Waals surface area contributed by atoms with Gasteiger partial charge in [-0.3, -0.25) is 0 Å². The number of alkyl halides is 3. The lowest BCUT2D eigenvalue weighted by molar-refractivity contribution is -0.274. The van der Waals surface area contributed by atoms with Crippen LogP contribution in [0.2, 0.25) is 5.02 Å².